The zero-order valence-corrected chi connectivity index (χ0v) is 26.6. The largest absolute Gasteiger partial charge is 0.493 e. The Balaban J connectivity index is 1.30. The van der Waals surface area contributed by atoms with Gasteiger partial charge in [0.2, 0.25) is 11.3 Å². The molecule has 1 N–H and O–H groups in total. The third kappa shape index (κ3) is 13.3. The van der Waals surface area contributed by atoms with Crippen LogP contribution in [0.4, 0.5) is 5.69 Å². The standard InChI is InChI=1S/C35H50N2O4S/c1-3-4-5-6-7-8-9-10-11-12-13-14-15-16-25-40-35-32(39-2)18-17-19-33(35)41-28-34(38)36-31-22-20-30(21-23-31)27-37-24-26-42-29-37/h17-24,26,29H,3-16,25,27-28H2,1-2H3/p+1. The molecule has 0 fully saturated rings. The second-order valence-corrected chi connectivity index (χ2v) is 11.7. The first-order valence-electron chi connectivity index (χ1n) is 15.9. The van der Waals surface area contributed by atoms with Crippen LogP contribution in [0.25, 0.3) is 0 Å². The molecule has 0 radical (unpaired) electrons. The topological polar surface area (TPSA) is 60.7 Å². The van der Waals surface area contributed by atoms with Gasteiger partial charge in [-0.25, -0.2) is 0 Å². The van der Waals surface area contributed by atoms with E-state index in [-0.39, 0.29) is 12.5 Å². The Bertz CT molecular complexity index is 1120. The van der Waals surface area contributed by atoms with Crippen LogP contribution in [0, 0.1) is 0 Å². The summed E-state index contributed by atoms with van der Waals surface area (Å²) in [5.74, 6) is 1.45. The van der Waals surface area contributed by atoms with Gasteiger partial charge < -0.3 is 19.5 Å². The Morgan fingerprint density at radius 1 is 0.786 bits per heavy atom. The van der Waals surface area contributed by atoms with Gasteiger partial charge in [0.25, 0.3) is 5.91 Å². The Hall–Kier alpha value is -3.06. The van der Waals surface area contributed by atoms with Gasteiger partial charge >= 0.3 is 0 Å². The average molecular weight is 596 g/mol. The first kappa shape index (κ1) is 33.4. The van der Waals surface area contributed by atoms with Crippen LogP contribution in [0.3, 0.4) is 0 Å². The zero-order valence-electron chi connectivity index (χ0n) is 25.8. The van der Waals surface area contributed by atoms with Crippen molar-refractivity contribution in [2.75, 3.05) is 25.6 Å². The van der Waals surface area contributed by atoms with Crippen LogP contribution >= 0.6 is 11.3 Å². The van der Waals surface area contributed by atoms with Crippen molar-refractivity contribution in [2.24, 2.45) is 0 Å². The molecule has 1 amide bonds. The second-order valence-electron chi connectivity index (χ2n) is 11.0. The normalized spacial score (nSPS) is 10.9. The number of para-hydroxylation sites is 1. The minimum absolute atomic E-state index is 0.116. The lowest BCUT2D eigenvalue weighted by atomic mass is 10.0. The number of thiazole rings is 1. The first-order valence-corrected chi connectivity index (χ1v) is 16.9. The predicted octanol–water partition coefficient (Wildman–Crippen LogP) is 8.97. The molecule has 0 aliphatic heterocycles. The molecular formula is C35H51N2O4S+. The summed E-state index contributed by atoms with van der Waals surface area (Å²) in [5, 5.41) is 4.95. The number of carbonyl (C=O) groups excluding carboxylic acids is 1. The van der Waals surface area contributed by atoms with Gasteiger partial charge in [-0.05, 0) is 30.7 Å². The van der Waals surface area contributed by atoms with Gasteiger partial charge in [0.05, 0.1) is 19.1 Å². The number of nitrogens with one attached hydrogen (secondary N) is 1. The molecule has 3 rings (SSSR count). The lowest BCUT2D eigenvalue weighted by Gasteiger charge is -2.15. The maximum Gasteiger partial charge on any atom is 0.262 e. The molecule has 0 saturated carbocycles. The van der Waals surface area contributed by atoms with Crippen LogP contribution in [-0.4, -0.2) is 26.2 Å². The molecule has 2 aromatic carbocycles. The number of unbranched alkanes of at least 4 members (excludes halogenated alkanes) is 13. The van der Waals surface area contributed by atoms with E-state index < -0.39 is 0 Å². The van der Waals surface area contributed by atoms with E-state index in [1.807, 2.05) is 54.0 Å². The number of rotatable bonds is 23. The number of carbonyl (C=O) groups is 1. The average Bonchev–Trinajstić information content (AvgIpc) is 3.52. The second kappa shape index (κ2) is 20.8. The molecule has 42 heavy (non-hydrogen) atoms. The molecule has 0 saturated heterocycles. The van der Waals surface area contributed by atoms with Gasteiger partial charge in [-0.1, -0.05) is 120 Å². The summed E-state index contributed by atoms with van der Waals surface area (Å²) < 4.78 is 19.6. The van der Waals surface area contributed by atoms with Crippen molar-refractivity contribution in [3.63, 3.8) is 0 Å². The van der Waals surface area contributed by atoms with Crippen LogP contribution in [0.15, 0.2) is 59.6 Å². The van der Waals surface area contributed by atoms with Crippen molar-refractivity contribution in [1.29, 1.82) is 0 Å². The van der Waals surface area contributed by atoms with Crippen molar-refractivity contribution in [1.82, 2.24) is 0 Å². The molecule has 230 valence electrons. The first-order chi connectivity index (χ1) is 20.7. The highest BCUT2D eigenvalue weighted by molar-refractivity contribution is 7.07. The Morgan fingerprint density at radius 3 is 2.00 bits per heavy atom. The Morgan fingerprint density at radius 2 is 1.40 bits per heavy atom. The van der Waals surface area contributed by atoms with E-state index in [1.54, 1.807) is 18.4 Å². The van der Waals surface area contributed by atoms with Crippen LogP contribution in [-0.2, 0) is 11.3 Å². The van der Waals surface area contributed by atoms with E-state index in [0.717, 1.165) is 25.1 Å². The van der Waals surface area contributed by atoms with E-state index in [0.29, 0.717) is 23.9 Å². The summed E-state index contributed by atoms with van der Waals surface area (Å²) in [7, 11) is 1.62. The van der Waals surface area contributed by atoms with Crippen LogP contribution < -0.4 is 24.1 Å². The van der Waals surface area contributed by atoms with E-state index in [9.17, 15) is 4.79 Å². The summed E-state index contributed by atoms with van der Waals surface area (Å²) in [6.07, 6.45) is 20.6. The highest BCUT2D eigenvalue weighted by Crippen LogP contribution is 2.37. The molecule has 1 heterocycles. The van der Waals surface area contributed by atoms with E-state index in [2.05, 4.69) is 22.3 Å². The van der Waals surface area contributed by atoms with Crippen molar-refractivity contribution in [3.8, 4) is 17.2 Å². The number of benzene rings is 2. The fourth-order valence-corrected chi connectivity index (χ4v) is 5.58. The quantitative estimate of drug-likeness (QED) is 0.0878. The van der Waals surface area contributed by atoms with Crippen LogP contribution in [0.1, 0.15) is 102 Å². The molecule has 0 unspecified atom stereocenters. The molecule has 3 aromatic rings. The maximum absolute atomic E-state index is 12.6. The molecule has 1 aromatic heterocycles. The van der Waals surface area contributed by atoms with Gasteiger partial charge in [-0.15, -0.1) is 0 Å². The summed E-state index contributed by atoms with van der Waals surface area (Å²) in [6.45, 7) is 3.56. The highest BCUT2D eigenvalue weighted by atomic mass is 32.1. The van der Waals surface area contributed by atoms with E-state index in [4.69, 9.17) is 14.2 Å². The van der Waals surface area contributed by atoms with Gasteiger partial charge in [0.15, 0.2) is 30.8 Å². The summed E-state index contributed by atoms with van der Waals surface area (Å²) in [4.78, 5) is 12.6. The van der Waals surface area contributed by atoms with Crippen LogP contribution in [0.2, 0.25) is 0 Å². The number of nitrogens with zero attached hydrogens (tertiary/aromatic N) is 1. The maximum atomic E-state index is 12.6. The third-order valence-electron chi connectivity index (χ3n) is 7.40. The van der Waals surface area contributed by atoms with Crippen LogP contribution in [0.5, 0.6) is 17.2 Å². The van der Waals surface area contributed by atoms with Crippen molar-refractivity contribution in [2.45, 2.75) is 103 Å². The third-order valence-corrected chi connectivity index (χ3v) is 8.07. The number of methoxy groups -OCH3 is 1. The molecule has 0 spiro atoms. The number of hydrogen-bond donors (Lipinski definition) is 1. The molecule has 6 nitrogen and oxygen atoms in total. The monoisotopic (exact) mass is 595 g/mol. The van der Waals surface area contributed by atoms with Crippen molar-refractivity contribution >= 4 is 22.9 Å². The van der Waals surface area contributed by atoms with Gasteiger partial charge in [0, 0.05) is 11.3 Å². The van der Waals surface area contributed by atoms with E-state index >= 15 is 0 Å². The smallest absolute Gasteiger partial charge is 0.262 e. The number of anilines is 1. The number of amides is 1. The molecule has 0 bridgehead atoms. The van der Waals surface area contributed by atoms with Gasteiger partial charge in [-0.2, -0.15) is 4.57 Å². The highest BCUT2D eigenvalue weighted by Gasteiger charge is 2.14. The summed E-state index contributed by atoms with van der Waals surface area (Å²) in [5.41, 5.74) is 3.98. The number of aromatic nitrogens is 1. The molecule has 7 heteroatoms. The molecule has 0 aliphatic rings. The van der Waals surface area contributed by atoms with Gasteiger partial charge in [-0.3, -0.25) is 4.79 Å². The minimum Gasteiger partial charge on any atom is -0.493 e. The lowest BCUT2D eigenvalue weighted by Crippen LogP contribution is -2.30. The summed E-state index contributed by atoms with van der Waals surface area (Å²) >= 11 is 1.67. The Kier molecular flexibility index (Phi) is 16.5. The zero-order chi connectivity index (χ0) is 29.7. The Labute approximate surface area is 257 Å². The number of ether oxygens (including phenoxy) is 3. The van der Waals surface area contributed by atoms with Gasteiger partial charge in [0.1, 0.15) is 0 Å². The van der Waals surface area contributed by atoms with Crippen molar-refractivity contribution < 1.29 is 23.6 Å². The van der Waals surface area contributed by atoms with Crippen molar-refractivity contribution in [3.05, 3.63) is 65.1 Å². The predicted molar refractivity (Wildman–Crippen MR) is 173 cm³/mol. The lowest BCUT2D eigenvalue weighted by molar-refractivity contribution is -0.683. The molecular weight excluding hydrogens is 544 g/mol. The van der Waals surface area contributed by atoms with E-state index in [1.165, 1.54) is 82.6 Å². The molecule has 0 aliphatic carbocycles. The fraction of sp³-hybridized carbons (Fsp3) is 0.543. The summed E-state index contributed by atoms with van der Waals surface area (Å²) in [6, 6.07) is 13.4. The number of hydrogen-bond acceptors (Lipinski definition) is 5. The molecule has 0 atom stereocenters. The fourth-order valence-electron chi connectivity index (χ4n) is 4.98. The minimum atomic E-state index is -0.226. The SMILES string of the molecule is CCCCCCCCCCCCCCCCOc1c(OC)cccc1OCC(=O)Nc1ccc(C[n+]2ccsc2)cc1.